The van der Waals surface area contributed by atoms with E-state index >= 15 is 0 Å². The second-order valence-electron chi connectivity index (χ2n) is 0.729. The van der Waals surface area contributed by atoms with Gasteiger partial charge in [-0.3, -0.25) is 0 Å². The van der Waals surface area contributed by atoms with Gasteiger partial charge in [-0.1, -0.05) is 11.1 Å². The molecule has 0 aromatic rings. The van der Waals surface area contributed by atoms with Crippen molar-refractivity contribution in [1.82, 2.24) is 0 Å². The highest BCUT2D eigenvalue weighted by atomic mass is 31.1. The molecule has 0 fully saturated rings. The van der Waals surface area contributed by atoms with Gasteiger partial charge < -0.3 is 0 Å². The molecule has 1 nitrogen and oxygen atoms in total. The highest BCUT2D eigenvalue weighted by molar-refractivity contribution is 7.47. The Labute approximate surface area is 32.5 Å². The normalized spacial score (nSPS) is 10.2. The first-order valence-corrected chi connectivity index (χ1v) is 3.07. The first kappa shape index (κ1) is 4.84. The largest absolute Gasteiger partial charge is 0.365 e. The highest BCUT2D eigenvalue weighted by Crippen LogP contribution is 2.11. The summed E-state index contributed by atoms with van der Waals surface area (Å²) in [7, 11) is -1.08. The SMILES string of the molecule is C=C[P+](C)=O. The molecule has 0 radical (unpaired) electrons. The van der Waals surface area contributed by atoms with Gasteiger partial charge in [-0.25, -0.2) is 0 Å². The Morgan fingerprint density at radius 3 is 2.20 bits per heavy atom. The van der Waals surface area contributed by atoms with Crippen molar-refractivity contribution >= 4 is 7.80 Å². The number of hydrogen-bond acceptors (Lipinski definition) is 1. The van der Waals surface area contributed by atoms with Gasteiger partial charge in [-0.05, 0) is 0 Å². The third-order valence-corrected chi connectivity index (χ3v) is 0.771. The maximum Gasteiger partial charge on any atom is 0.365 e. The summed E-state index contributed by atoms with van der Waals surface area (Å²) in [6, 6.07) is 0. The molecule has 5 heavy (non-hydrogen) atoms. The molecule has 0 saturated carbocycles. The molecule has 0 rings (SSSR count). The highest BCUT2D eigenvalue weighted by Gasteiger charge is 1.88. The van der Waals surface area contributed by atoms with Gasteiger partial charge in [0.25, 0.3) is 0 Å². The molecule has 0 amide bonds. The molecule has 0 aromatic carbocycles. The van der Waals surface area contributed by atoms with Crippen LogP contribution in [0.25, 0.3) is 0 Å². The summed E-state index contributed by atoms with van der Waals surface area (Å²) in [6.07, 6.45) is 0. The average Bonchev–Trinajstić information content (AvgIpc) is 1.38. The summed E-state index contributed by atoms with van der Waals surface area (Å²) in [5.41, 5.74) is 0. The van der Waals surface area contributed by atoms with E-state index in [1.54, 1.807) is 6.66 Å². The molecule has 0 aromatic heterocycles. The quantitative estimate of drug-likeness (QED) is 0.446. The van der Waals surface area contributed by atoms with Crippen molar-refractivity contribution in [2.45, 2.75) is 0 Å². The molecule has 0 N–H and O–H groups in total. The molecule has 2 heteroatoms. The molecular formula is C3H6OP+. The Hall–Kier alpha value is -0.160. The molecule has 0 saturated heterocycles. The van der Waals surface area contributed by atoms with E-state index in [1.165, 1.54) is 5.82 Å². The minimum atomic E-state index is -1.08. The lowest BCUT2D eigenvalue weighted by Gasteiger charge is -1.44. The smallest absolute Gasteiger partial charge is 0.0691 e. The van der Waals surface area contributed by atoms with Crippen LogP contribution in [0.2, 0.25) is 0 Å². The van der Waals surface area contributed by atoms with Gasteiger partial charge in [0.05, 0.1) is 0 Å². The Kier molecular flexibility index (Phi) is 2.03. The molecular weight excluding hydrogens is 83.0 g/mol. The topological polar surface area (TPSA) is 17.1 Å². The maximum absolute atomic E-state index is 9.84. The third kappa shape index (κ3) is 3.84. The van der Waals surface area contributed by atoms with Gasteiger partial charge in [0, 0.05) is 0 Å². The summed E-state index contributed by atoms with van der Waals surface area (Å²) in [4.78, 5) is 0. The van der Waals surface area contributed by atoms with Gasteiger partial charge in [-0.15, -0.1) is 0 Å². The van der Waals surface area contributed by atoms with Crippen LogP contribution in [0.3, 0.4) is 0 Å². The van der Waals surface area contributed by atoms with Crippen LogP contribution in [0.4, 0.5) is 0 Å². The van der Waals surface area contributed by atoms with E-state index in [-0.39, 0.29) is 0 Å². The van der Waals surface area contributed by atoms with Crippen molar-refractivity contribution in [3.8, 4) is 0 Å². The molecule has 0 spiro atoms. The predicted molar refractivity (Wildman–Crippen MR) is 23.7 cm³/mol. The molecule has 1 atom stereocenters. The van der Waals surface area contributed by atoms with Crippen LogP contribution < -0.4 is 0 Å². The van der Waals surface area contributed by atoms with Crippen LogP contribution in [0.1, 0.15) is 0 Å². The molecule has 0 aliphatic heterocycles. The standard InChI is InChI=1S/C3H6OP/c1-3-5(2)4/h3H,1H2,2H3/q+1. The van der Waals surface area contributed by atoms with Gasteiger partial charge in [0.2, 0.25) is 0 Å². The van der Waals surface area contributed by atoms with Gasteiger partial charge >= 0.3 is 7.80 Å². The van der Waals surface area contributed by atoms with Crippen LogP contribution in [-0.2, 0) is 4.57 Å². The van der Waals surface area contributed by atoms with E-state index in [0.29, 0.717) is 0 Å². The van der Waals surface area contributed by atoms with E-state index in [1.807, 2.05) is 0 Å². The minimum Gasteiger partial charge on any atom is -0.0691 e. The zero-order chi connectivity index (χ0) is 4.28. The second-order valence-corrected chi connectivity index (χ2v) is 2.19. The lowest BCUT2D eigenvalue weighted by atomic mass is 11.3. The third-order valence-electron chi connectivity index (χ3n) is 0.257. The fourth-order valence-electron chi connectivity index (χ4n) is 0. The van der Waals surface area contributed by atoms with Crippen LogP contribution in [0.5, 0.6) is 0 Å². The van der Waals surface area contributed by atoms with E-state index in [4.69, 9.17) is 0 Å². The van der Waals surface area contributed by atoms with Gasteiger partial charge in [0.15, 0.2) is 0 Å². The van der Waals surface area contributed by atoms with Crippen molar-refractivity contribution in [3.05, 3.63) is 12.4 Å². The Morgan fingerprint density at radius 1 is 2.00 bits per heavy atom. The fourth-order valence-corrected chi connectivity index (χ4v) is 0. The molecule has 0 aliphatic rings. The first-order valence-electron chi connectivity index (χ1n) is 1.30. The summed E-state index contributed by atoms with van der Waals surface area (Å²) in [6.45, 7) is 4.89. The minimum absolute atomic E-state index is 1.08. The first-order chi connectivity index (χ1) is 2.27. The lowest BCUT2D eigenvalue weighted by molar-refractivity contribution is 0.596. The second kappa shape index (κ2) is 2.10. The Bertz CT molecular complexity index is 57.9. The summed E-state index contributed by atoms with van der Waals surface area (Å²) >= 11 is 0. The van der Waals surface area contributed by atoms with Crippen molar-refractivity contribution in [2.24, 2.45) is 0 Å². The molecule has 0 bridgehead atoms. The van der Waals surface area contributed by atoms with Crippen LogP contribution in [-0.4, -0.2) is 6.66 Å². The van der Waals surface area contributed by atoms with E-state index < -0.39 is 7.80 Å². The molecule has 0 aliphatic carbocycles. The fraction of sp³-hybridized carbons (Fsp3) is 0.333. The Balaban J connectivity index is 3.20. The summed E-state index contributed by atoms with van der Waals surface area (Å²) in [5, 5.41) is 0. The molecule has 28 valence electrons. The predicted octanol–water partition coefficient (Wildman–Crippen LogP) is 1.59. The van der Waals surface area contributed by atoms with Crippen molar-refractivity contribution in [3.63, 3.8) is 0 Å². The molecule has 0 heterocycles. The lowest BCUT2D eigenvalue weighted by Crippen LogP contribution is -1.32. The van der Waals surface area contributed by atoms with Crippen molar-refractivity contribution in [1.29, 1.82) is 0 Å². The number of hydrogen-bond donors (Lipinski definition) is 0. The molecule has 1 unspecified atom stereocenters. The Morgan fingerprint density at radius 2 is 2.20 bits per heavy atom. The summed E-state index contributed by atoms with van der Waals surface area (Å²) in [5.74, 6) is 1.43. The van der Waals surface area contributed by atoms with Crippen molar-refractivity contribution in [2.75, 3.05) is 6.66 Å². The number of rotatable bonds is 1. The van der Waals surface area contributed by atoms with E-state index in [9.17, 15) is 4.57 Å². The summed E-state index contributed by atoms with van der Waals surface area (Å²) < 4.78 is 9.84. The van der Waals surface area contributed by atoms with Gasteiger partial charge in [-0.2, -0.15) is 0 Å². The zero-order valence-corrected chi connectivity index (χ0v) is 4.03. The maximum atomic E-state index is 9.84. The van der Waals surface area contributed by atoms with Crippen LogP contribution in [0.15, 0.2) is 12.4 Å². The van der Waals surface area contributed by atoms with Crippen LogP contribution in [0, 0.1) is 0 Å². The van der Waals surface area contributed by atoms with Crippen molar-refractivity contribution < 1.29 is 4.57 Å². The monoisotopic (exact) mass is 89.0 g/mol. The zero-order valence-electron chi connectivity index (χ0n) is 3.14. The van der Waals surface area contributed by atoms with Crippen LogP contribution >= 0.6 is 7.80 Å². The van der Waals surface area contributed by atoms with E-state index in [2.05, 4.69) is 6.58 Å². The van der Waals surface area contributed by atoms with E-state index in [0.717, 1.165) is 0 Å². The average molecular weight is 89.1 g/mol. The van der Waals surface area contributed by atoms with Gasteiger partial charge in [0.1, 0.15) is 12.5 Å².